The van der Waals surface area contributed by atoms with Crippen LogP contribution in [-0.4, -0.2) is 20.6 Å². The number of ether oxygens (including phenoxy) is 1. The number of benzene rings is 2. The van der Waals surface area contributed by atoms with Crippen LogP contribution in [-0.2, 0) is 6.54 Å². The first kappa shape index (κ1) is 20.1. The molecule has 29 heavy (non-hydrogen) atoms. The lowest BCUT2D eigenvalue weighted by molar-refractivity contribution is -0.384. The Labute approximate surface area is 168 Å². The smallest absolute Gasteiger partial charge is 0.276 e. The number of nitro benzene ring substituents is 1. The molecule has 0 saturated carbocycles. The van der Waals surface area contributed by atoms with E-state index in [-0.39, 0.29) is 22.8 Å². The summed E-state index contributed by atoms with van der Waals surface area (Å²) in [5.41, 5.74) is 3.33. The number of aromatic nitrogens is 2. The maximum absolute atomic E-state index is 12.4. The topological polar surface area (TPSA) is 99.3 Å². The van der Waals surface area contributed by atoms with Crippen molar-refractivity contribution in [3.05, 3.63) is 75.1 Å². The minimum Gasteiger partial charge on any atom is -0.457 e. The number of amides is 1. The standard InChI is InChI=1S/C21H22N4O4/c1-5-24-7-6-19(23-24)21(26)22-16-10-17(25(27)28)12-18(11-16)29-20-9-13(2)8-14(3)15(20)4/h6-12H,5H2,1-4H3,(H,22,26). The number of rotatable bonds is 6. The summed E-state index contributed by atoms with van der Waals surface area (Å²) in [6, 6.07) is 9.67. The Bertz CT molecular complexity index is 1090. The van der Waals surface area contributed by atoms with E-state index in [0.29, 0.717) is 12.3 Å². The molecule has 0 aliphatic carbocycles. The van der Waals surface area contributed by atoms with Crippen molar-refractivity contribution in [2.45, 2.75) is 34.2 Å². The van der Waals surface area contributed by atoms with Crippen molar-refractivity contribution in [2.75, 3.05) is 5.32 Å². The minimum absolute atomic E-state index is 0.182. The van der Waals surface area contributed by atoms with E-state index in [9.17, 15) is 14.9 Å². The summed E-state index contributed by atoms with van der Waals surface area (Å²) in [7, 11) is 0. The van der Waals surface area contributed by atoms with Gasteiger partial charge in [0.2, 0.25) is 0 Å². The average Bonchev–Trinajstić information content (AvgIpc) is 3.15. The van der Waals surface area contributed by atoms with E-state index in [0.717, 1.165) is 16.7 Å². The molecule has 0 spiro atoms. The predicted octanol–water partition coefficient (Wildman–Crippen LogP) is 4.78. The molecule has 0 unspecified atom stereocenters. The third-order valence-corrected chi connectivity index (χ3v) is 4.55. The zero-order valence-corrected chi connectivity index (χ0v) is 16.7. The van der Waals surface area contributed by atoms with Crippen LogP contribution in [0.2, 0.25) is 0 Å². The number of nitrogens with one attached hydrogen (secondary N) is 1. The molecule has 0 fully saturated rings. The van der Waals surface area contributed by atoms with Crippen LogP contribution in [0.4, 0.5) is 11.4 Å². The summed E-state index contributed by atoms with van der Waals surface area (Å²) >= 11 is 0. The van der Waals surface area contributed by atoms with E-state index in [1.165, 1.54) is 12.1 Å². The zero-order valence-electron chi connectivity index (χ0n) is 16.7. The first-order valence-electron chi connectivity index (χ1n) is 9.17. The van der Waals surface area contributed by atoms with Crippen molar-refractivity contribution in [3.63, 3.8) is 0 Å². The largest absolute Gasteiger partial charge is 0.457 e. The van der Waals surface area contributed by atoms with Gasteiger partial charge >= 0.3 is 0 Å². The zero-order chi connectivity index (χ0) is 21.1. The Hall–Kier alpha value is -3.68. The monoisotopic (exact) mass is 394 g/mol. The number of anilines is 1. The second kappa shape index (κ2) is 8.14. The molecule has 1 heterocycles. The number of carbonyl (C=O) groups is 1. The van der Waals surface area contributed by atoms with E-state index in [1.807, 2.05) is 39.8 Å². The normalized spacial score (nSPS) is 10.6. The van der Waals surface area contributed by atoms with Crippen molar-refractivity contribution >= 4 is 17.3 Å². The summed E-state index contributed by atoms with van der Waals surface area (Å²) < 4.78 is 7.56. The van der Waals surface area contributed by atoms with Gasteiger partial charge in [-0.05, 0) is 56.5 Å². The highest BCUT2D eigenvalue weighted by Crippen LogP contribution is 2.33. The number of aryl methyl sites for hydroxylation is 3. The van der Waals surface area contributed by atoms with Crippen LogP contribution >= 0.6 is 0 Å². The van der Waals surface area contributed by atoms with Gasteiger partial charge in [0.1, 0.15) is 11.5 Å². The number of carbonyl (C=O) groups excluding carboxylic acids is 1. The molecule has 0 aliphatic heterocycles. The summed E-state index contributed by atoms with van der Waals surface area (Å²) in [5, 5.41) is 18.2. The van der Waals surface area contributed by atoms with E-state index < -0.39 is 10.8 Å². The molecule has 0 aliphatic rings. The maximum Gasteiger partial charge on any atom is 0.276 e. The van der Waals surface area contributed by atoms with Crippen molar-refractivity contribution in [2.24, 2.45) is 0 Å². The van der Waals surface area contributed by atoms with Crippen molar-refractivity contribution < 1.29 is 14.5 Å². The van der Waals surface area contributed by atoms with Crippen LogP contribution in [0.25, 0.3) is 0 Å². The van der Waals surface area contributed by atoms with E-state index >= 15 is 0 Å². The highest BCUT2D eigenvalue weighted by Gasteiger charge is 2.16. The maximum atomic E-state index is 12.4. The average molecular weight is 394 g/mol. The third kappa shape index (κ3) is 4.60. The Kier molecular flexibility index (Phi) is 5.63. The molecule has 0 saturated heterocycles. The Morgan fingerprint density at radius 2 is 1.97 bits per heavy atom. The van der Waals surface area contributed by atoms with Gasteiger partial charge in [-0.2, -0.15) is 5.10 Å². The lowest BCUT2D eigenvalue weighted by Crippen LogP contribution is -2.13. The molecular weight excluding hydrogens is 372 g/mol. The minimum atomic E-state index is -0.525. The molecule has 2 aromatic carbocycles. The van der Waals surface area contributed by atoms with Crippen LogP contribution in [0.5, 0.6) is 11.5 Å². The van der Waals surface area contributed by atoms with Gasteiger partial charge in [-0.3, -0.25) is 19.6 Å². The second-order valence-corrected chi connectivity index (χ2v) is 6.79. The molecule has 8 heteroatoms. The molecule has 8 nitrogen and oxygen atoms in total. The van der Waals surface area contributed by atoms with Crippen LogP contribution in [0.1, 0.15) is 34.1 Å². The Balaban J connectivity index is 1.92. The molecule has 0 radical (unpaired) electrons. The van der Waals surface area contributed by atoms with Gasteiger partial charge in [-0.1, -0.05) is 6.07 Å². The quantitative estimate of drug-likeness (QED) is 0.479. The number of hydrogen-bond acceptors (Lipinski definition) is 5. The van der Waals surface area contributed by atoms with Gasteiger partial charge in [-0.25, -0.2) is 0 Å². The van der Waals surface area contributed by atoms with Crippen LogP contribution in [0, 0.1) is 30.9 Å². The van der Waals surface area contributed by atoms with Crippen LogP contribution in [0.3, 0.4) is 0 Å². The van der Waals surface area contributed by atoms with Gasteiger partial charge in [0.25, 0.3) is 11.6 Å². The first-order chi connectivity index (χ1) is 13.8. The molecule has 3 rings (SSSR count). The van der Waals surface area contributed by atoms with Gasteiger partial charge < -0.3 is 10.1 Å². The second-order valence-electron chi connectivity index (χ2n) is 6.79. The summed E-state index contributed by atoms with van der Waals surface area (Å²) in [5.74, 6) is 0.426. The first-order valence-corrected chi connectivity index (χ1v) is 9.17. The van der Waals surface area contributed by atoms with E-state index in [1.54, 1.807) is 23.0 Å². The molecule has 0 atom stereocenters. The molecule has 1 amide bonds. The number of non-ortho nitro benzene ring substituents is 1. The van der Waals surface area contributed by atoms with Crippen LogP contribution < -0.4 is 10.1 Å². The highest BCUT2D eigenvalue weighted by molar-refractivity contribution is 6.03. The van der Waals surface area contributed by atoms with Gasteiger partial charge in [0.15, 0.2) is 5.69 Å². The number of nitro groups is 1. The summed E-state index contributed by atoms with van der Waals surface area (Å²) in [4.78, 5) is 23.3. The molecule has 150 valence electrons. The molecular formula is C21H22N4O4. The Morgan fingerprint density at radius 1 is 1.21 bits per heavy atom. The van der Waals surface area contributed by atoms with Gasteiger partial charge in [0, 0.05) is 24.9 Å². The summed E-state index contributed by atoms with van der Waals surface area (Å²) in [6.45, 7) is 8.40. The van der Waals surface area contributed by atoms with Gasteiger partial charge in [-0.15, -0.1) is 0 Å². The number of nitrogens with zero attached hydrogens (tertiary/aromatic N) is 3. The van der Waals surface area contributed by atoms with Crippen LogP contribution in [0.15, 0.2) is 42.6 Å². The highest BCUT2D eigenvalue weighted by atomic mass is 16.6. The fraction of sp³-hybridized carbons (Fsp3) is 0.238. The number of hydrogen-bond donors (Lipinski definition) is 1. The lowest BCUT2D eigenvalue weighted by atomic mass is 10.1. The van der Waals surface area contributed by atoms with Gasteiger partial charge in [0.05, 0.1) is 16.7 Å². The van der Waals surface area contributed by atoms with E-state index in [4.69, 9.17) is 4.74 Å². The Morgan fingerprint density at radius 3 is 2.62 bits per heavy atom. The summed E-state index contributed by atoms with van der Waals surface area (Å²) in [6.07, 6.45) is 1.69. The fourth-order valence-corrected chi connectivity index (χ4v) is 2.91. The predicted molar refractivity (Wildman–Crippen MR) is 110 cm³/mol. The third-order valence-electron chi connectivity index (χ3n) is 4.55. The van der Waals surface area contributed by atoms with Crippen molar-refractivity contribution in [1.82, 2.24) is 9.78 Å². The molecule has 3 aromatic rings. The molecule has 1 aromatic heterocycles. The molecule has 0 bridgehead atoms. The van der Waals surface area contributed by atoms with Crippen molar-refractivity contribution in [3.8, 4) is 11.5 Å². The van der Waals surface area contributed by atoms with E-state index in [2.05, 4.69) is 10.4 Å². The fourth-order valence-electron chi connectivity index (χ4n) is 2.91. The lowest BCUT2D eigenvalue weighted by Gasteiger charge is -2.13. The van der Waals surface area contributed by atoms with Crippen molar-refractivity contribution in [1.29, 1.82) is 0 Å². The molecule has 1 N–H and O–H groups in total. The SMILES string of the molecule is CCn1ccc(C(=O)Nc2cc(Oc3cc(C)cc(C)c3C)cc([N+](=O)[O-])c2)n1.